The number of nitrogens with zero attached hydrogens (tertiary/aromatic N) is 1. The third kappa shape index (κ3) is 4.63. The van der Waals surface area contributed by atoms with E-state index in [9.17, 15) is 9.59 Å². The summed E-state index contributed by atoms with van der Waals surface area (Å²) >= 11 is 6.91. The zero-order valence-electron chi connectivity index (χ0n) is 12.6. The average Bonchev–Trinajstić information content (AvgIpc) is 2.59. The van der Waals surface area contributed by atoms with Crippen LogP contribution < -0.4 is 5.32 Å². The number of nitrogens with one attached hydrogen (secondary N) is 1. The van der Waals surface area contributed by atoms with Crippen LogP contribution in [-0.2, 0) is 9.53 Å². The molecule has 0 saturated carbocycles. The Labute approximate surface area is 129 Å². The molecule has 1 saturated heterocycles. The van der Waals surface area contributed by atoms with Gasteiger partial charge in [-0.15, -0.1) is 11.8 Å². The van der Waals surface area contributed by atoms with Crippen LogP contribution in [0.25, 0.3) is 0 Å². The highest BCUT2D eigenvalue weighted by Crippen LogP contribution is 2.35. The summed E-state index contributed by atoms with van der Waals surface area (Å²) < 4.78 is 5.15. The molecule has 0 aromatic rings. The maximum atomic E-state index is 11.6. The fourth-order valence-corrected chi connectivity index (χ4v) is 3.76. The van der Waals surface area contributed by atoms with E-state index < -0.39 is 11.7 Å². The largest absolute Gasteiger partial charge is 0.444 e. The first-order chi connectivity index (χ1) is 9.07. The van der Waals surface area contributed by atoms with Crippen LogP contribution in [0.2, 0.25) is 0 Å². The van der Waals surface area contributed by atoms with Crippen molar-refractivity contribution < 1.29 is 14.3 Å². The Morgan fingerprint density at radius 1 is 1.55 bits per heavy atom. The van der Waals surface area contributed by atoms with Gasteiger partial charge in [0, 0.05) is 11.3 Å². The summed E-state index contributed by atoms with van der Waals surface area (Å²) in [5.74, 6) is 0.822. The highest BCUT2D eigenvalue weighted by atomic mass is 32.2. The maximum Gasteiger partial charge on any atom is 0.408 e. The second-order valence-corrected chi connectivity index (χ2v) is 7.85. The lowest BCUT2D eigenvalue weighted by Crippen LogP contribution is -2.51. The van der Waals surface area contributed by atoms with Gasteiger partial charge in [-0.3, -0.25) is 0 Å². The maximum absolute atomic E-state index is 11.6. The minimum absolute atomic E-state index is 0.192. The lowest BCUT2D eigenvalue weighted by Gasteiger charge is -2.35. The monoisotopic (exact) mass is 318 g/mol. The van der Waals surface area contributed by atoms with Crippen molar-refractivity contribution in [1.29, 1.82) is 0 Å². The first kappa shape index (κ1) is 17.2. The van der Waals surface area contributed by atoms with Crippen LogP contribution >= 0.6 is 24.0 Å². The van der Waals surface area contributed by atoms with Gasteiger partial charge in [0.25, 0.3) is 0 Å². The van der Waals surface area contributed by atoms with E-state index in [-0.39, 0.29) is 17.5 Å². The van der Waals surface area contributed by atoms with Crippen molar-refractivity contribution in [3.8, 4) is 0 Å². The van der Waals surface area contributed by atoms with Crippen LogP contribution in [0.3, 0.4) is 0 Å². The summed E-state index contributed by atoms with van der Waals surface area (Å²) in [5.41, 5.74) is -0.733. The van der Waals surface area contributed by atoms with E-state index in [4.69, 9.17) is 17.0 Å². The second kappa shape index (κ2) is 6.30. The SMILES string of the molecule is CC(C)(C)OC(=O)NCC(=S)N1[C@@H](C=O)SCC1(C)C. The number of amides is 1. The Hall–Kier alpha value is -0.820. The van der Waals surface area contributed by atoms with E-state index in [1.54, 1.807) is 32.5 Å². The Kier molecular flexibility index (Phi) is 5.43. The summed E-state index contributed by atoms with van der Waals surface area (Å²) in [7, 11) is 0. The standard InChI is InChI=1S/C13H22N2O3S2/c1-12(2,3)18-11(17)14-6-9(19)15-10(7-16)20-8-13(15,4)5/h7,10H,6,8H2,1-5H3,(H,14,17)/t10-/m1/s1. The number of carbonyl (C=O) groups is 2. The van der Waals surface area contributed by atoms with Gasteiger partial charge in [-0.05, 0) is 34.6 Å². The van der Waals surface area contributed by atoms with Crippen molar-refractivity contribution in [1.82, 2.24) is 10.2 Å². The number of thiocarbonyl (C=S) groups is 1. The summed E-state index contributed by atoms with van der Waals surface area (Å²) in [4.78, 5) is 25.1. The summed E-state index contributed by atoms with van der Waals surface area (Å²) in [6, 6.07) is 0. The lowest BCUT2D eigenvalue weighted by molar-refractivity contribution is -0.109. The molecule has 0 bridgehead atoms. The van der Waals surface area contributed by atoms with Crippen molar-refractivity contribution in [3.05, 3.63) is 0 Å². The number of hydrogen-bond donors (Lipinski definition) is 1. The quantitative estimate of drug-likeness (QED) is 0.636. The van der Waals surface area contributed by atoms with Crippen molar-refractivity contribution in [2.75, 3.05) is 12.3 Å². The van der Waals surface area contributed by atoms with E-state index >= 15 is 0 Å². The first-order valence-electron chi connectivity index (χ1n) is 6.43. The Bertz CT molecular complexity index is 405. The minimum atomic E-state index is -0.542. The van der Waals surface area contributed by atoms with Gasteiger partial charge < -0.3 is 19.7 Å². The molecule has 1 heterocycles. The van der Waals surface area contributed by atoms with Gasteiger partial charge in [0.15, 0.2) is 6.29 Å². The predicted molar refractivity (Wildman–Crippen MR) is 85.1 cm³/mol. The van der Waals surface area contributed by atoms with Crippen LogP contribution in [0.4, 0.5) is 4.79 Å². The Morgan fingerprint density at radius 2 is 2.15 bits per heavy atom. The fraction of sp³-hybridized carbons (Fsp3) is 0.769. The molecule has 0 unspecified atom stereocenters. The number of hydrogen-bond acceptors (Lipinski definition) is 5. The topological polar surface area (TPSA) is 58.6 Å². The van der Waals surface area contributed by atoms with Gasteiger partial charge in [0.1, 0.15) is 11.0 Å². The summed E-state index contributed by atoms with van der Waals surface area (Å²) in [6.45, 7) is 9.65. The van der Waals surface area contributed by atoms with Crippen molar-refractivity contribution in [2.24, 2.45) is 0 Å². The molecule has 1 rings (SSSR count). The number of rotatable bonds is 3. The zero-order valence-corrected chi connectivity index (χ0v) is 14.2. The minimum Gasteiger partial charge on any atom is -0.444 e. The molecule has 114 valence electrons. The first-order valence-corrected chi connectivity index (χ1v) is 7.88. The number of thioether (sulfide) groups is 1. The van der Waals surface area contributed by atoms with Gasteiger partial charge in [-0.25, -0.2) is 4.79 Å². The number of carbonyl (C=O) groups excluding carboxylic acids is 2. The summed E-state index contributed by atoms with van der Waals surface area (Å²) in [5, 5.41) is 2.35. The molecule has 0 aliphatic carbocycles. The molecular formula is C13H22N2O3S2. The number of aldehydes is 1. The van der Waals surface area contributed by atoms with Gasteiger partial charge in [0.2, 0.25) is 0 Å². The molecule has 1 N–H and O–H groups in total. The van der Waals surface area contributed by atoms with Crippen LogP contribution in [0.15, 0.2) is 0 Å². The molecule has 1 fully saturated rings. The zero-order chi connectivity index (χ0) is 15.6. The molecule has 7 heteroatoms. The summed E-state index contributed by atoms with van der Waals surface area (Å²) in [6.07, 6.45) is 0.381. The van der Waals surface area contributed by atoms with Crippen LogP contribution in [-0.4, -0.2) is 51.1 Å². The van der Waals surface area contributed by atoms with Crippen LogP contribution in [0.1, 0.15) is 34.6 Å². The molecule has 0 spiro atoms. The number of alkyl carbamates (subject to hydrolysis) is 1. The highest BCUT2D eigenvalue weighted by molar-refractivity contribution is 8.00. The van der Waals surface area contributed by atoms with Gasteiger partial charge in [0.05, 0.1) is 11.5 Å². The van der Waals surface area contributed by atoms with E-state index in [1.807, 2.05) is 18.7 Å². The molecule has 1 atom stereocenters. The van der Waals surface area contributed by atoms with Crippen molar-refractivity contribution in [3.63, 3.8) is 0 Å². The predicted octanol–water partition coefficient (Wildman–Crippen LogP) is 2.19. The van der Waals surface area contributed by atoms with E-state index in [2.05, 4.69) is 5.32 Å². The number of ether oxygens (including phenoxy) is 1. The molecule has 20 heavy (non-hydrogen) atoms. The van der Waals surface area contributed by atoms with Crippen molar-refractivity contribution >= 4 is 41.3 Å². The molecule has 5 nitrogen and oxygen atoms in total. The molecule has 1 amide bonds. The van der Waals surface area contributed by atoms with E-state index in [0.717, 1.165) is 12.0 Å². The Morgan fingerprint density at radius 3 is 2.65 bits per heavy atom. The lowest BCUT2D eigenvalue weighted by atomic mass is 10.1. The van der Waals surface area contributed by atoms with E-state index in [1.165, 1.54) is 0 Å². The smallest absolute Gasteiger partial charge is 0.408 e. The van der Waals surface area contributed by atoms with Crippen molar-refractivity contribution in [2.45, 2.75) is 51.1 Å². The Balaban J connectivity index is 2.58. The molecular weight excluding hydrogens is 296 g/mol. The van der Waals surface area contributed by atoms with Gasteiger partial charge in [-0.2, -0.15) is 0 Å². The molecule has 1 aliphatic rings. The van der Waals surface area contributed by atoms with Gasteiger partial charge >= 0.3 is 6.09 Å². The third-order valence-corrected chi connectivity index (χ3v) is 4.56. The van der Waals surface area contributed by atoms with Gasteiger partial charge in [-0.1, -0.05) is 12.2 Å². The fourth-order valence-electron chi connectivity index (χ4n) is 1.90. The normalized spacial score (nSPS) is 21.4. The van der Waals surface area contributed by atoms with Crippen LogP contribution in [0, 0.1) is 0 Å². The third-order valence-electron chi connectivity index (χ3n) is 2.68. The van der Waals surface area contributed by atoms with Crippen LogP contribution in [0.5, 0.6) is 0 Å². The molecule has 0 aromatic carbocycles. The molecule has 0 radical (unpaired) electrons. The molecule has 0 aromatic heterocycles. The van der Waals surface area contributed by atoms with E-state index in [0.29, 0.717) is 4.99 Å². The highest BCUT2D eigenvalue weighted by Gasteiger charge is 2.41. The molecule has 1 aliphatic heterocycles. The second-order valence-electron chi connectivity index (χ2n) is 6.27. The average molecular weight is 318 g/mol.